The summed E-state index contributed by atoms with van der Waals surface area (Å²) in [4.78, 5) is 58.1. The maximum Gasteiger partial charge on any atom is 0.326 e. The van der Waals surface area contributed by atoms with Crippen molar-refractivity contribution in [3.8, 4) is 0 Å². The van der Waals surface area contributed by atoms with Crippen LogP contribution in [0.25, 0.3) is 10.9 Å². The number of aromatic nitrogens is 1. The molecule has 15 heteroatoms. The van der Waals surface area contributed by atoms with Crippen LogP contribution in [0.2, 0.25) is 0 Å². The minimum Gasteiger partial charge on any atom is -0.480 e. The number of nitrogens with one attached hydrogen (secondary N) is 4. The molecule has 1 aromatic carbocycles. The summed E-state index contributed by atoms with van der Waals surface area (Å²) in [5.41, 5.74) is 23.5. The molecular weight excluding hydrogens is 546 g/mol. The van der Waals surface area contributed by atoms with Crippen LogP contribution < -0.4 is 38.9 Å². The molecule has 2 aromatic rings. The van der Waals surface area contributed by atoms with Gasteiger partial charge in [0.15, 0.2) is 5.96 Å². The van der Waals surface area contributed by atoms with Gasteiger partial charge in [-0.05, 0) is 57.2 Å². The molecule has 5 unspecified atom stereocenters. The summed E-state index contributed by atoms with van der Waals surface area (Å²) in [7, 11) is 0. The van der Waals surface area contributed by atoms with Crippen LogP contribution in [-0.2, 0) is 25.6 Å². The maximum atomic E-state index is 13.4. The van der Waals surface area contributed by atoms with E-state index in [1.807, 2.05) is 24.3 Å². The first kappa shape index (κ1) is 34.0. The maximum absolute atomic E-state index is 13.4. The molecule has 0 radical (unpaired) electrons. The van der Waals surface area contributed by atoms with E-state index in [1.165, 1.54) is 6.92 Å². The minimum atomic E-state index is -1.45. The van der Waals surface area contributed by atoms with Crippen LogP contribution >= 0.6 is 0 Å². The molecule has 42 heavy (non-hydrogen) atoms. The molecule has 0 aliphatic rings. The number of rotatable bonds is 18. The van der Waals surface area contributed by atoms with E-state index in [2.05, 4.69) is 25.9 Å². The number of H-pyrrole nitrogens is 1. The van der Waals surface area contributed by atoms with Gasteiger partial charge in [-0.3, -0.25) is 19.4 Å². The molecule has 15 nitrogen and oxygen atoms in total. The van der Waals surface area contributed by atoms with Gasteiger partial charge in [-0.1, -0.05) is 18.2 Å². The number of carboxylic acids is 1. The lowest BCUT2D eigenvalue weighted by Gasteiger charge is -2.26. The highest BCUT2D eigenvalue weighted by Crippen LogP contribution is 2.19. The van der Waals surface area contributed by atoms with Gasteiger partial charge < -0.3 is 54.1 Å². The number of aliphatic imine (C=N–C) groups is 1. The van der Waals surface area contributed by atoms with E-state index < -0.39 is 54.0 Å². The van der Waals surface area contributed by atoms with Crippen LogP contribution in [0.3, 0.4) is 0 Å². The van der Waals surface area contributed by atoms with Crippen molar-refractivity contribution in [1.82, 2.24) is 20.9 Å². The lowest BCUT2D eigenvalue weighted by Crippen LogP contribution is -2.60. The van der Waals surface area contributed by atoms with Crippen molar-refractivity contribution in [2.45, 2.75) is 75.7 Å². The second kappa shape index (κ2) is 16.9. The molecule has 0 saturated carbocycles. The van der Waals surface area contributed by atoms with Crippen LogP contribution in [0.5, 0.6) is 0 Å². The van der Waals surface area contributed by atoms with Gasteiger partial charge in [-0.25, -0.2) is 4.79 Å². The molecule has 0 bridgehead atoms. The fourth-order valence-corrected chi connectivity index (χ4v) is 4.33. The number of amides is 3. The number of carbonyl (C=O) groups excluding carboxylic acids is 3. The molecule has 0 fully saturated rings. The first-order valence-corrected chi connectivity index (χ1v) is 13.8. The van der Waals surface area contributed by atoms with Crippen LogP contribution in [-0.4, -0.2) is 88.2 Å². The quantitative estimate of drug-likeness (QED) is 0.0526. The SMILES string of the molecule is CC(O)C(NC(=O)C(N)CCCN=C(N)N)C(=O)NC(Cc1c[nH]c2ccccc12)C(=O)NC(CCCCN)C(=O)O. The number of aliphatic carboxylic acids is 1. The van der Waals surface area contributed by atoms with Crippen molar-refractivity contribution >= 4 is 40.6 Å². The minimum absolute atomic E-state index is 0.00150. The first-order chi connectivity index (χ1) is 19.9. The molecule has 1 heterocycles. The zero-order valence-electron chi connectivity index (χ0n) is 23.7. The number of hydrogen-bond acceptors (Lipinski definition) is 8. The molecule has 0 spiro atoms. The summed E-state index contributed by atoms with van der Waals surface area (Å²) in [6, 6.07) is 2.47. The average Bonchev–Trinajstić information content (AvgIpc) is 3.35. The van der Waals surface area contributed by atoms with Gasteiger partial charge in [0.1, 0.15) is 18.1 Å². The Bertz CT molecular complexity index is 1230. The van der Waals surface area contributed by atoms with Crippen LogP contribution in [0, 0.1) is 0 Å². The number of aliphatic hydroxyl groups excluding tert-OH is 1. The van der Waals surface area contributed by atoms with Crippen LogP contribution in [0.4, 0.5) is 0 Å². The monoisotopic (exact) mass is 589 g/mol. The topological polar surface area (TPSA) is 277 Å². The van der Waals surface area contributed by atoms with Crippen LogP contribution in [0.15, 0.2) is 35.5 Å². The van der Waals surface area contributed by atoms with E-state index >= 15 is 0 Å². The Labute approximate surface area is 243 Å². The van der Waals surface area contributed by atoms with Crippen molar-refractivity contribution in [1.29, 1.82) is 0 Å². The molecule has 0 aliphatic carbocycles. The summed E-state index contributed by atoms with van der Waals surface area (Å²) in [5.74, 6) is -3.58. The number of carboxylic acid groups (broad SMARTS) is 1. The number of hydrogen-bond donors (Lipinski definition) is 10. The van der Waals surface area contributed by atoms with Gasteiger partial charge in [0, 0.05) is 30.1 Å². The number of fused-ring (bicyclic) bond motifs is 1. The number of aromatic amines is 1. The fourth-order valence-electron chi connectivity index (χ4n) is 4.33. The number of guanidine groups is 1. The summed E-state index contributed by atoms with van der Waals surface area (Å²) in [6.45, 7) is 1.95. The third kappa shape index (κ3) is 10.6. The Morgan fingerprint density at radius 1 is 0.952 bits per heavy atom. The molecule has 232 valence electrons. The Balaban J connectivity index is 2.22. The highest BCUT2D eigenvalue weighted by molar-refractivity contribution is 5.95. The number of benzene rings is 1. The van der Waals surface area contributed by atoms with Crippen molar-refractivity contribution in [3.63, 3.8) is 0 Å². The lowest BCUT2D eigenvalue weighted by molar-refractivity contribution is -0.142. The molecule has 14 N–H and O–H groups in total. The van der Waals surface area contributed by atoms with E-state index in [1.54, 1.807) is 6.20 Å². The third-order valence-electron chi connectivity index (χ3n) is 6.66. The van der Waals surface area contributed by atoms with Gasteiger partial charge >= 0.3 is 5.97 Å². The van der Waals surface area contributed by atoms with Gasteiger partial charge in [0.25, 0.3) is 0 Å². The van der Waals surface area contributed by atoms with Crippen molar-refractivity contribution < 1.29 is 29.4 Å². The number of nitrogens with two attached hydrogens (primary N) is 4. The third-order valence-corrected chi connectivity index (χ3v) is 6.66. The number of nitrogens with zero attached hydrogens (tertiary/aromatic N) is 1. The van der Waals surface area contributed by atoms with E-state index in [0.717, 1.165) is 10.9 Å². The standard InChI is InChI=1S/C27H43N9O6/c1-15(37)22(36-23(38)18(29)8-6-12-32-27(30)31)25(40)35-21(13-16-14-33-19-9-3-2-7-17(16)19)24(39)34-20(26(41)42)10-4-5-11-28/h2-3,7,9,14-15,18,20-22,33,37H,4-6,8,10-13,28-29H2,1H3,(H,34,39)(H,35,40)(H,36,38)(H,41,42)(H4,30,31,32). The summed E-state index contributed by atoms with van der Waals surface area (Å²) in [6.07, 6.45) is 2.19. The summed E-state index contributed by atoms with van der Waals surface area (Å²) in [5, 5.41) is 28.3. The van der Waals surface area contributed by atoms with Crippen molar-refractivity contribution in [2.24, 2.45) is 27.9 Å². The normalized spacial score (nSPS) is 14.7. The molecule has 3 amide bonds. The molecular formula is C27H43N9O6. The van der Waals surface area contributed by atoms with Crippen LogP contribution in [0.1, 0.15) is 44.6 Å². The zero-order chi connectivity index (χ0) is 31.2. The smallest absolute Gasteiger partial charge is 0.326 e. The lowest BCUT2D eigenvalue weighted by atomic mass is 10.0. The Kier molecular flexibility index (Phi) is 13.7. The van der Waals surface area contributed by atoms with E-state index in [4.69, 9.17) is 22.9 Å². The molecule has 2 rings (SSSR count). The van der Waals surface area contributed by atoms with Gasteiger partial charge in [0.05, 0.1) is 12.1 Å². The highest BCUT2D eigenvalue weighted by Gasteiger charge is 2.33. The second-order valence-corrected chi connectivity index (χ2v) is 10.1. The van der Waals surface area contributed by atoms with E-state index in [0.29, 0.717) is 31.4 Å². The van der Waals surface area contributed by atoms with E-state index in [9.17, 15) is 29.4 Å². The molecule has 0 aliphatic heterocycles. The predicted molar refractivity (Wildman–Crippen MR) is 158 cm³/mol. The average molecular weight is 590 g/mol. The van der Waals surface area contributed by atoms with Gasteiger partial charge in [-0.15, -0.1) is 0 Å². The second-order valence-electron chi connectivity index (χ2n) is 10.1. The molecule has 1 aromatic heterocycles. The molecule has 0 saturated heterocycles. The first-order valence-electron chi connectivity index (χ1n) is 13.8. The van der Waals surface area contributed by atoms with Crippen molar-refractivity contribution in [3.05, 3.63) is 36.0 Å². The predicted octanol–water partition coefficient (Wildman–Crippen LogP) is -1.86. The van der Waals surface area contributed by atoms with E-state index in [-0.39, 0.29) is 31.8 Å². The summed E-state index contributed by atoms with van der Waals surface area (Å²) < 4.78 is 0. The number of carbonyl (C=O) groups is 4. The highest BCUT2D eigenvalue weighted by atomic mass is 16.4. The number of unbranched alkanes of at least 4 members (excludes halogenated alkanes) is 1. The van der Waals surface area contributed by atoms with Crippen molar-refractivity contribution in [2.75, 3.05) is 13.1 Å². The summed E-state index contributed by atoms with van der Waals surface area (Å²) >= 11 is 0. The number of para-hydroxylation sites is 1. The Morgan fingerprint density at radius 3 is 2.29 bits per heavy atom. The zero-order valence-corrected chi connectivity index (χ0v) is 23.7. The Hall–Kier alpha value is -4.21. The fraction of sp³-hybridized carbons (Fsp3) is 0.519. The number of aliphatic hydroxyl groups is 1. The van der Waals surface area contributed by atoms with Gasteiger partial charge in [-0.2, -0.15) is 0 Å². The largest absolute Gasteiger partial charge is 0.480 e. The Morgan fingerprint density at radius 2 is 1.64 bits per heavy atom. The molecule has 5 atom stereocenters. The van der Waals surface area contributed by atoms with Gasteiger partial charge in [0.2, 0.25) is 17.7 Å².